The first-order valence-electron chi connectivity index (χ1n) is 7.18. The summed E-state index contributed by atoms with van der Waals surface area (Å²) in [5.41, 5.74) is 0. The first kappa shape index (κ1) is 16.5. The van der Waals surface area contributed by atoms with Gasteiger partial charge in [0.1, 0.15) is 5.75 Å². The van der Waals surface area contributed by atoms with E-state index in [-0.39, 0.29) is 19.0 Å². The van der Waals surface area contributed by atoms with E-state index in [1.54, 1.807) is 18.2 Å². The van der Waals surface area contributed by atoms with Gasteiger partial charge in [-0.2, -0.15) is 0 Å². The summed E-state index contributed by atoms with van der Waals surface area (Å²) in [4.78, 5) is 24.1. The van der Waals surface area contributed by atoms with Gasteiger partial charge in [0.15, 0.2) is 13.2 Å². The summed E-state index contributed by atoms with van der Waals surface area (Å²) in [6, 6.07) is 16.6. The van der Waals surface area contributed by atoms with E-state index in [1.807, 2.05) is 36.4 Å². The highest BCUT2D eigenvalue weighted by Gasteiger charge is 2.13. The van der Waals surface area contributed by atoms with Crippen molar-refractivity contribution in [1.82, 2.24) is 0 Å². The fourth-order valence-corrected chi connectivity index (χ4v) is 3.15. The highest BCUT2D eigenvalue weighted by Crippen LogP contribution is 2.25. The minimum atomic E-state index is -0.598. The molecule has 0 saturated carbocycles. The Labute approximate surface area is 147 Å². The first-order valence-corrected chi connectivity index (χ1v) is 8.37. The molecular formula is C18H13ClO4S. The van der Waals surface area contributed by atoms with Gasteiger partial charge in [0.05, 0.1) is 9.21 Å². The molecule has 2 aromatic carbocycles. The summed E-state index contributed by atoms with van der Waals surface area (Å²) in [5, 5.41) is 1.94. The molecule has 0 spiro atoms. The summed E-state index contributed by atoms with van der Waals surface area (Å²) >= 11 is 6.92. The standard InChI is InChI=1S/C18H13ClO4S/c19-17-9-8-16(24-17)14(20)10-23-18(21)11-22-15-7-3-5-12-4-1-2-6-13(12)15/h1-9H,10-11H2. The number of rotatable bonds is 6. The van der Waals surface area contributed by atoms with Crippen LogP contribution in [0.1, 0.15) is 9.67 Å². The van der Waals surface area contributed by atoms with Crippen molar-refractivity contribution in [3.8, 4) is 5.75 Å². The van der Waals surface area contributed by atoms with E-state index in [9.17, 15) is 9.59 Å². The van der Waals surface area contributed by atoms with Crippen molar-refractivity contribution in [3.63, 3.8) is 0 Å². The van der Waals surface area contributed by atoms with Gasteiger partial charge < -0.3 is 9.47 Å². The second-order valence-corrected chi connectivity index (χ2v) is 6.67. The van der Waals surface area contributed by atoms with Gasteiger partial charge in [-0.25, -0.2) is 4.79 Å². The number of esters is 1. The highest BCUT2D eigenvalue weighted by molar-refractivity contribution is 7.18. The zero-order chi connectivity index (χ0) is 16.9. The van der Waals surface area contributed by atoms with Crippen molar-refractivity contribution in [3.05, 3.63) is 63.8 Å². The zero-order valence-electron chi connectivity index (χ0n) is 12.5. The van der Waals surface area contributed by atoms with Gasteiger partial charge in [-0.1, -0.05) is 48.0 Å². The normalized spacial score (nSPS) is 10.5. The molecule has 0 aliphatic carbocycles. The third-order valence-corrected chi connectivity index (χ3v) is 4.58. The van der Waals surface area contributed by atoms with Crippen molar-refractivity contribution < 1.29 is 19.1 Å². The van der Waals surface area contributed by atoms with Gasteiger partial charge in [-0.15, -0.1) is 11.3 Å². The first-order chi connectivity index (χ1) is 11.6. The number of hydrogen-bond acceptors (Lipinski definition) is 5. The van der Waals surface area contributed by atoms with Crippen molar-refractivity contribution in [2.45, 2.75) is 0 Å². The van der Waals surface area contributed by atoms with E-state index in [0.717, 1.165) is 22.1 Å². The fraction of sp³-hybridized carbons (Fsp3) is 0.111. The molecule has 0 saturated heterocycles. The maximum absolute atomic E-state index is 11.8. The molecule has 0 fully saturated rings. The molecule has 3 aromatic rings. The molecule has 0 bridgehead atoms. The third-order valence-electron chi connectivity index (χ3n) is 3.31. The van der Waals surface area contributed by atoms with Gasteiger partial charge in [-0.05, 0) is 23.6 Å². The quantitative estimate of drug-likeness (QED) is 0.484. The van der Waals surface area contributed by atoms with Crippen LogP contribution in [0.4, 0.5) is 0 Å². The summed E-state index contributed by atoms with van der Waals surface area (Å²) < 4.78 is 11.0. The number of carbonyl (C=O) groups excluding carboxylic acids is 2. The Hall–Kier alpha value is -2.37. The number of fused-ring (bicyclic) bond motifs is 1. The average molecular weight is 361 g/mol. The molecule has 0 amide bonds. The Kier molecular flexibility index (Phi) is 5.13. The molecule has 24 heavy (non-hydrogen) atoms. The molecule has 0 radical (unpaired) electrons. The minimum absolute atomic E-state index is 0.257. The van der Waals surface area contributed by atoms with Crippen molar-refractivity contribution in [2.75, 3.05) is 13.2 Å². The number of ketones is 1. The molecule has 3 rings (SSSR count). The third kappa shape index (κ3) is 3.93. The van der Waals surface area contributed by atoms with Gasteiger partial charge in [-0.3, -0.25) is 4.79 Å². The topological polar surface area (TPSA) is 52.6 Å². The molecule has 6 heteroatoms. The average Bonchev–Trinajstić information content (AvgIpc) is 3.04. The Morgan fingerprint density at radius 2 is 1.75 bits per heavy atom. The summed E-state index contributed by atoms with van der Waals surface area (Å²) in [6.45, 7) is -0.582. The number of Topliss-reactive ketones (excluding diaryl/α,β-unsaturated/α-hetero) is 1. The Bertz CT molecular complexity index is 882. The van der Waals surface area contributed by atoms with Crippen LogP contribution in [0.3, 0.4) is 0 Å². The van der Waals surface area contributed by atoms with Gasteiger partial charge >= 0.3 is 5.97 Å². The summed E-state index contributed by atoms with van der Waals surface area (Å²) in [6.07, 6.45) is 0. The van der Waals surface area contributed by atoms with Crippen LogP contribution in [0.2, 0.25) is 4.34 Å². The lowest BCUT2D eigenvalue weighted by molar-refractivity contribution is -0.144. The molecule has 0 atom stereocenters. The summed E-state index contributed by atoms with van der Waals surface area (Å²) in [5.74, 6) is -0.286. The molecule has 4 nitrogen and oxygen atoms in total. The SMILES string of the molecule is O=C(COc1cccc2ccccc12)OCC(=O)c1ccc(Cl)s1. The predicted molar refractivity (Wildman–Crippen MR) is 94.1 cm³/mol. The lowest BCUT2D eigenvalue weighted by Crippen LogP contribution is -2.19. The monoisotopic (exact) mass is 360 g/mol. The number of halogens is 1. The van der Waals surface area contributed by atoms with Crippen LogP contribution >= 0.6 is 22.9 Å². The van der Waals surface area contributed by atoms with Crippen LogP contribution in [0.5, 0.6) is 5.75 Å². The molecule has 0 aliphatic rings. The number of carbonyl (C=O) groups is 2. The molecule has 1 aromatic heterocycles. The van der Waals surface area contributed by atoms with Crippen molar-refractivity contribution >= 4 is 45.5 Å². The van der Waals surface area contributed by atoms with E-state index < -0.39 is 5.97 Å². The highest BCUT2D eigenvalue weighted by atomic mass is 35.5. The number of thiophene rings is 1. The largest absolute Gasteiger partial charge is 0.481 e. The molecule has 0 aliphatic heterocycles. The molecule has 0 unspecified atom stereocenters. The minimum Gasteiger partial charge on any atom is -0.481 e. The van der Waals surface area contributed by atoms with Crippen LogP contribution in [0, 0.1) is 0 Å². The Morgan fingerprint density at radius 3 is 2.54 bits per heavy atom. The predicted octanol–water partition coefficient (Wildman–Crippen LogP) is 4.36. The number of ether oxygens (including phenoxy) is 2. The van der Waals surface area contributed by atoms with Crippen molar-refractivity contribution in [1.29, 1.82) is 0 Å². The number of hydrogen-bond donors (Lipinski definition) is 0. The second-order valence-electron chi connectivity index (χ2n) is 4.95. The van der Waals surface area contributed by atoms with Gasteiger partial charge in [0, 0.05) is 5.39 Å². The van der Waals surface area contributed by atoms with E-state index in [1.165, 1.54) is 0 Å². The van der Waals surface area contributed by atoms with Crippen LogP contribution in [0.25, 0.3) is 10.8 Å². The van der Waals surface area contributed by atoms with E-state index in [0.29, 0.717) is 15.0 Å². The van der Waals surface area contributed by atoms with Crippen LogP contribution in [-0.2, 0) is 9.53 Å². The molecule has 0 N–H and O–H groups in total. The Morgan fingerprint density at radius 1 is 0.958 bits per heavy atom. The molecule has 122 valence electrons. The smallest absolute Gasteiger partial charge is 0.344 e. The van der Waals surface area contributed by atoms with E-state index in [2.05, 4.69) is 0 Å². The fourth-order valence-electron chi connectivity index (χ4n) is 2.18. The maximum Gasteiger partial charge on any atom is 0.344 e. The summed E-state index contributed by atoms with van der Waals surface area (Å²) in [7, 11) is 0. The maximum atomic E-state index is 11.8. The van der Waals surface area contributed by atoms with E-state index in [4.69, 9.17) is 21.1 Å². The lowest BCUT2D eigenvalue weighted by atomic mass is 10.1. The van der Waals surface area contributed by atoms with Crippen LogP contribution < -0.4 is 4.74 Å². The van der Waals surface area contributed by atoms with Crippen LogP contribution in [-0.4, -0.2) is 25.0 Å². The van der Waals surface area contributed by atoms with Gasteiger partial charge in [0.25, 0.3) is 0 Å². The van der Waals surface area contributed by atoms with Gasteiger partial charge in [0.2, 0.25) is 5.78 Å². The number of benzene rings is 2. The van der Waals surface area contributed by atoms with E-state index >= 15 is 0 Å². The second kappa shape index (κ2) is 7.47. The zero-order valence-corrected chi connectivity index (χ0v) is 14.1. The molecule has 1 heterocycles. The van der Waals surface area contributed by atoms with Crippen molar-refractivity contribution in [2.24, 2.45) is 0 Å². The van der Waals surface area contributed by atoms with Crippen LogP contribution in [0.15, 0.2) is 54.6 Å². The Balaban J connectivity index is 1.54. The lowest BCUT2D eigenvalue weighted by Gasteiger charge is -2.09. The molecular weight excluding hydrogens is 348 g/mol.